The van der Waals surface area contributed by atoms with E-state index in [0.29, 0.717) is 0 Å². The van der Waals surface area contributed by atoms with Crippen LogP contribution in [0.3, 0.4) is 0 Å². The number of hydrogen-bond acceptors (Lipinski definition) is 3. The van der Waals surface area contributed by atoms with E-state index in [4.69, 9.17) is 8.56 Å². The zero-order valence-electron chi connectivity index (χ0n) is 12.2. The van der Waals surface area contributed by atoms with Gasteiger partial charge in [0.25, 0.3) is 0 Å². The Kier molecular flexibility index (Phi) is 4.57. The van der Waals surface area contributed by atoms with Crippen molar-refractivity contribution >= 4 is 0 Å². The topological polar surface area (TPSA) is 27.7 Å². The molecule has 0 amide bonds. The van der Waals surface area contributed by atoms with Crippen LogP contribution >= 0.6 is 0 Å². The molecule has 0 aromatic carbocycles. The summed E-state index contributed by atoms with van der Waals surface area (Å²) in [7, 11) is 5.11. The first-order chi connectivity index (χ1) is 7.78. The first-order valence-electron chi connectivity index (χ1n) is 5.84. The molecule has 0 aliphatic heterocycles. The minimum absolute atomic E-state index is 0.0161. The van der Waals surface area contributed by atoms with Gasteiger partial charge in [0.05, 0.1) is 0 Å². The van der Waals surface area contributed by atoms with Crippen molar-refractivity contribution in [2.24, 2.45) is 5.41 Å². The molecule has 0 radical (unpaired) electrons. The Morgan fingerprint density at radius 2 is 1.24 bits per heavy atom. The summed E-state index contributed by atoms with van der Waals surface area (Å²) in [6.07, 6.45) is 0. The maximum atomic E-state index is 5.72. The van der Waals surface area contributed by atoms with Crippen LogP contribution in [0.5, 0.6) is 0 Å². The summed E-state index contributed by atoms with van der Waals surface area (Å²) >= 11 is -3.71. The van der Waals surface area contributed by atoms with Gasteiger partial charge in [-0.2, -0.15) is 0 Å². The van der Waals surface area contributed by atoms with Gasteiger partial charge in [-0.25, -0.2) is 0 Å². The summed E-state index contributed by atoms with van der Waals surface area (Å²) < 4.78 is 18.4. The van der Waals surface area contributed by atoms with Crippen LogP contribution in [0.25, 0.3) is 0 Å². The van der Waals surface area contributed by atoms with Gasteiger partial charge in [0.2, 0.25) is 0 Å². The molecule has 4 heteroatoms. The van der Waals surface area contributed by atoms with Crippen molar-refractivity contribution in [3.05, 3.63) is 20.0 Å². The van der Waals surface area contributed by atoms with Gasteiger partial charge in [0, 0.05) is 0 Å². The van der Waals surface area contributed by atoms with E-state index < -0.39 is 21.3 Å². The first kappa shape index (κ1) is 15.3. The van der Waals surface area contributed by atoms with E-state index in [0.717, 1.165) is 0 Å². The van der Waals surface area contributed by atoms with Gasteiger partial charge in [0.15, 0.2) is 0 Å². The average molecular weight is 407 g/mol. The maximum absolute atomic E-state index is 5.72. The van der Waals surface area contributed by atoms with Crippen LogP contribution in [-0.2, 0) is 29.8 Å². The molecule has 0 aromatic rings. The second-order valence-corrected chi connectivity index (χ2v) is 15.2. The molecule has 0 unspecified atom stereocenters. The van der Waals surface area contributed by atoms with Crippen LogP contribution in [0.4, 0.5) is 0 Å². The molecule has 0 heterocycles. The molecule has 0 atom stereocenters. The van der Waals surface area contributed by atoms with E-state index in [1.807, 2.05) is 0 Å². The Balaban J connectivity index is 3.42. The summed E-state index contributed by atoms with van der Waals surface area (Å²) in [6, 6.07) is 0. The van der Waals surface area contributed by atoms with E-state index in [2.05, 4.69) is 34.6 Å². The Bertz CT molecular complexity index is 368. The Hall–Kier alpha value is 0.230. The summed E-state index contributed by atoms with van der Waals surface area (Å²) in [4.78, 5) is 0. The van der Waals surface area contributed by atoms with Crippen molar-refractivity contribution in [3.8, 4) is 0 Å². The second-order valence-electron chi connectivity index (χ2n) is 5.04. The van der Waals surface area contributed by atoms with Crippen molar-refractivity contribution < 1.29 is 29.8 Å². The fourth-order valence-electron chi connectivity index (χ4n) is 2.76. The molecule has 1 aliphatic carbocycles. The Labute approximate surface area is 111 Å². The Morgan fingerprint density at radius 3 is 1.47 bits per heavy atom. The van der Waals surface area contributed by atoms with Crippen molar-refractivity contribution in [1.82, 2.24) is 0 Å². The van der Waals surface area contributed by atoms with Crippen LogP contribution < -0.4 is 0 Å². The second kappa shape index (κ2) is 5.08. The molecule has 0 saturated heterocycles. The fraction of sp³-hybridized carbons (Fsp3) is 0.692. The number of hydrogen-bond donors (Lipinski definition) is 0. The molecule has 0 fully saturated rings. The third-order valence-electron chi connectivity index (χ3n) is 4.17. The predicted octanol–water partition coefficient (Wildman–Crippen LogP) is 3.47. The first-order valence-corrected chi connectivity index (χ1v) is 12.0. The van der Waals surface area contributed by atoms with E-state index in [1.165, 1.54) is 20.0 Å². The standard InChI is InChI=1S/C10H15.3CH3O.Hf/c1-7-6-10(4,5)9(3)8(7)2;3*1-2;/h1-5H3;3*1H3;/q;3*-1;+3. The number of allylic oxidation sites excluding steroid dienone is 4. The Morgan fingerprint density at radius 1 is 0.824 bits per heavy atom. The van der Waals surface area contributed by atoms with Gasteiger partial charge in [-0.1, -0.05) is 0 Å². The van der Waals surface area contributed by atoms with Crippen molar-refractivity contribution in [3.63, 3.8) is 0 Å². The molecule has 0 saturated carbocycles. The van der Waals surface area contributed by atoms with Gasteiger partial charge in [0.1, 0.15) is 0 Å². The van der Waals surface area contributed by atoms with Gasteiger partial charge in [-0.3, -0.25) is 0 Å². The molecule has 0 bridgehead atoms. The SMILES string of the molecule is C[O][Hf]([O]C)([O]C)[C]1=C(C)C(C)=C(C)C1(C)C. The normalized spacial score (nSPS) is 20.5. The monoisotopic (exact) mass is 408 g/mol. The van der Waals surface area contributed by atoms with Gasteiger partial charge >= 0.3 is 111 Å². The van der Waals surface area contributed by atoms with Crippen molar-refractivity contribution in [2.45, 2.75) is 34.6 Å². The summed E-state index contributed by atoms with van der Waals surface area (Å²) in [5, 5.41) is 0. The van der Waals surface area contributed by atoms with Crippen LogP contribution in [0.2, 0.25) is 0 Å². The molecule has 17 heavy (non-hydrogen) atoms. The zero-order chi connectivity index (χ0) is 13.4. The van der Waals surface area contributed by atoms with Gasteiger partial charge < -0.3 is 0 Å². The van der Waals surface area contributed by atoms with Gasteiger partial charge in [-0.05, 0) is 0 Å². The predicted molar refractivity (Wildman–Crippen MR) is 65.9 cm³/mol. The molecule has 1 aliphatic rings. The van der Waals surface area contributed by atoms with E-state index >= 15 is 0 Å². The van der Waals surface area contributed by atoms with Crippen LogP contribution in [0.1, 0.15) is 34.6 Å². The third kappa shape index (κ3) is 2.14. The summed E-state index contributed by atoms with van der Waals surface area (Å²) in [5.74, 6) is 0. The minimum atomic E-state index is -3.71. The van der Waals surface area contributed by atoms with Gasteiger partial charge in [-0.15, -0.1) is 0 Å². The summed E-state index contributed by atoms with van der Waals surface area (Å²) in [6.45, 7) is 11.0. The molecule has 0 N–H and O–H groups in total. The summed E-state index contributed by atoms with van der Waals surface area (Å²) in [5.41, 5.74) is 4.01. The van der Waals surface area contributed by atoms with Crippen molar-refractivity contribution in [1.29, 1.82) is 0 Å². The molecule has 1 rings (SSSR count). The van der Waals surface area contributed by atoms with Crippen LogP contribution in [0.15, 0.2) is 20.0 Å². The van der Waals surface area contributed by atoms with E-state index in [9.17, 15) is 0 Å². The molecule has 0 aromatic heterocycles. The van der Waals surface area contributed by atoms with Crippen LogP contribution in [0, 0.1) is 5.41 Å². The average Bonchev–Trinajstić information content (AvgIpc) is 2.46. The molecular formula is C13H24HfO3. The quantitative estimate of drug-likeness (QED) is 0.669. The molecule has 3 nitrogen and oxygen atoms in total. The number of rotatable bonds is 4. The van der Waals surface area contributed by atoms with E-state index in [1.54, 1.807) is 21.3 Å². The van der Waals surface area contributed by atoms with Crippen LogP contribution in [-0.4, -0.2) is 21.3 Å². The molecular weight excluding hydrogens is 383 g/mol. The third-order valence-corrected chi connectivity index (χ3v) is 15.8. The van der Waals surface area contributed by atoms with Crippen molar-refractivity contribution in [2.75, 3.05) is 21.3 Å². The zero-order valence-corrected chi connectivity index (χ0v) is 15.8. The fourth-order valence-corrected chi connectivity index (χ4v) is 12.5. The van der Waals surface area contributed by atoms with E-state index in [-0.39, 0.29) is 5.41 Å². The molecule has 0 spiro atoms. The molecule has 98 valence electrons.